The predicted molar refractivity (Wildman–Crippen MR) is 114 cm³/mol. The quantitative estimate of drug-likeness (QED) is 0.337. The average Bonchev–Trinajstić information content (AvgIpc) is 2.78. The number of benzene rings is 2. The molecule has 166 valence electrons. The van der Waals surface area contributed by atoms with Gasteiger partial charge in [0, 0.05) is 11.6 Å². The molecule has 0 radical (unpaired) electrons. The lowest BCUT2D eigenvalue weighted by atomic mass is 10.2. The molecule has 1 heterocycles. The van der Waals surface area contributed by atoms with E-state index in [1.54, 1.807) is 0 Å². The van der Waals surface area contributed by atoms with Crippen LogP contribution in [0.2, 0.25) is 5.02 Å². The van der Waals surface area contributed by atoms with Crippen LogP contribution in [-0.4, -0.2) is 35.0 Å². The van der Waals surface area contributed by atoms with Crippen LogP contribution >= 0.6 is 11.6 Å². The number of nitro groups is 1. The van der Waals surface area contributed by atoms with Crippen LogP contribution in [0.3, 0.4) is 0 Å². The molecule has 1 aromatic heterocycles. The number of amides is 1. The lowest BCUT2D eigenvalue weighted by Crippen LogP contribution is -2.30. The van der Waals surface area contributed by atoms with E-state index in [4.69, 9.17) is 21.1 Å². The minimum absolute atomic E-state index is 0.131. The highest BCUT2D eigenvalue weighted by Gasteiger charge is 2.25. The molecule has 0 bridgehead atoms. The predicted octanol–water partition coefficient (Wildman–Crippen LogP) is 3.70. The van der Waals surface area contributed by atoms with Gasteiger partial charge in [-0.3, -0.25) is 25.8 Å². The maximum absolute atomic E-state index is 13.0. The van der Waals surface area contributed by atoms with Crippen LogP contribution in [0.5, 0.6) is 11.5 Å². The largest absolute Gasteiger partial charge is 0.495 e. The van der Waals surface area contributed by atoms with Crippen molar-refractivity contribution in [2.75, 3.05) is 25.0 Å². The smallest absolute Gasteiger partial charge is 0.355 e. The Kier molecular flexibility index (Phi) is 6.85. The van der Waals surface area contributed by atoms with Crippen LogP contribution in [0.25, 0.3) is 0 Å². The van der Waals surface area contributed by atoms with Crippen LogP contribution in [0.1, 0.15) is 10.4 Å². The van der Waals surface area contributed by atoms with Gasteiger partial charge >= 0.3 is 5.69 Å². The molecule has 3 N–H and O–H groups in total. The van der Waals surface area contributed by atoms with Gasteiger partial charge in [0.15, 0.2) is 0 Å². The summed E-state index contributed by atoms with van der Waals surface area (Å²) >= 11 is 6.14. The molecule has 13 heteroatoms. The molecule has 0 aliphatic heterocycles. The summed E-state index contributed by atoms with van der Waals surface area (Å²) in [6.07, 6.45) is 1.05. The van der Waals surface area contributed by atoms with Gasteiger partial charge in [-0.15, -0.1) is 0 Å². The molecule has 32 heavy (non-hydrogen) atoms. The lowest BCUT2D eigenvalue weighted by molar-refractivity contribution is -0.383. The normalized spacial score (nSPS) is 10.2. The molecule has 11 nitrogen and oxygen atoms in total. The second-order valence-corrected chi connectivity index (χ2v) is 6.48. The summed E-state index contributed by atoms with van der Waals surface area (Å²) in [4.78, 5) is 30.9. The third-order valence-corrected chi connectivity index (χ3v) is 4.43. The number of carbonyl (C=O) groups excluding carboxylic acids is 1. The van der Waals surface area contributed by atoms with Crippen molar-refractivity contribution in [1.82, 2.24) is 15.4 Å². The van der Waals surface area contributed by atoms with E-state index in [-0.39, 0.29) is 27.9 Å². The van der Waals surface area contributed by atoms with Crippen molar-refractivity contribution in [1.29, 1.82) is 0 Å². The van der Waals surface area contributed by atoms with E-state index in [1.807, 2.05) is 0 Å². The summed E-state index contributed by atoms with van der Waals surface area (Å²) in [5.74, 6) is -1.01. The molecular formula is C19H16ClFN6O5. The highest BCUT2D eigenvalue weighted by atomic mass is 35.5. The van der Waals surface area contributed by atoms with Gasteiger partial charge in [0.05, 0.1) is 29.9 Å². The summed E-state index contributed by atoms with van der Waals surface area (Å²) < 4.78 is 23.4. The number of nitrogens with zero attached hydrogens (tertiary/aromatic N) is 3. The number of hydrogen-bond acceptors (Lipinski definition) is 9. The van der Waals surface area contributed by atoms with Crippen molar-refractivity contribution in [2.45, 2.75) is 0 Å². The number of hydrazine groups is 1. The maximum atomic E-state index is 13.0. The van der Waals surface area contributed by atoms with Gasteiger partial charge < -0.3 is 14.8 Å². The summed E-state index contributed by atoms with van der Waals surface area (Å²) in [7, 11) is 2.83. The van der Waals surface area contributed by atoms with E-state index in [9.17, 15) is 19.3 Å². The minimum atomic E-state index is -0.730. The number of ether oxygens (including phenoxy) is 2. The zero-order valence-corrected chi connectivity index (χ0v) is 17.4. The minimum Gasteiger partial charge on any atom is -0.495 e. The molecule has 3 rings (SSSR count). The Bertz CT molecular complexity index is 1160. The van der Waals surface area contributed by atoms with Crippen molar-refractivity contribution in [3.05, 3.63) is 69.2 Å². The fraction of sp³-hybridized carbons (Fsp3) is 0.105. The summed E-state index contributed by atoms with van der Waals surface area (Å²) in [6.45, 7) is 0. The monoisotopic (exact) mass is 462 g/mol. The van der Waals surface area contributed by atoms with Gasteiger partial charge in [-0.2, -0.15) is 0 Å². The zero-order chi connectivity index (χ0) is 23.3. The van der Waals surface area contributed by atoms with E-state index < -0.39 is 22.3 Å². The number of methoxy groups -OCH3 is 2. The Hall–Kier alpha value is -4.19. The van der Waals surface area contributed by atoms with Gasteiger partial charge in [-0.1, -0.05) is 11.6 Å². The number of aromatic nitrogens is 2. The van der Waals surface area contributed by atoms with E-state index in [0.29, 0.717) is 11.5 Å². The van der Waals surface area contributed by atoms with Crippen molar-refractivity contribution in [2.24, 2.45) is 0 Å². The van der Waals surface area contributed by atoms with Gasteiger partial charge in [-0.05, 0) is 30.3 Å². The number of rotatable bonds is 8. The van der Waals surface area contributed by atoms with Crippen molar-refractivity contribution in [3.63, 3.8) is 0 Å². The first kappa shape index (κ1) is 22.5. The van der Waals surface area contributed by atoms with Crippen LogP contribution in [0.4, 0.5) is 27.4 Å². The maximum Gasteiger partial charge on any atom is 0.355 e. The third kappa shape index (κ3) is 4.92. The molecule has 3 aromatic rings. The number of nitrogens with one attached hydrogen (secondary N) is 3. The average molecular weight is 463 g/mol. The van der Waals surface area contributed by atoms with Gasteiger partial charge in [0.25, 0.3) is 5.91 Å². The summed E-state index contributed by atoms with van der Waals surface area (Å²) in [5, 5.41) is 14.7. The Labute approximate surface area is 185 Å². The fourth-order valence-electron chi connectivity index (χ4n) is 2.61. The molecule has 2 aromatic carbocycles. The zero-order valence-electron chi connectivity index (χ0n) is 16.7. The van der Waals surface area contributed by atoms with Gasteiger partial charge in [0.1, 0.15) is 23.6 Å². The second kappa shape index (κ2) is 9.75. The SMILES string of the molecule is COc1cc(OC)c(Nc2ncnc(NNC(=O)c3ccc(F)cc3)c2[N+](=O)[O-])cc1Cl. The molecule has 0 unspecified atom stereocenters. The van der Waals surface area contributed by atoms with Crippen molar-refractivity contribution >= 4 is 40.5 Å². The van der Waals surface area contributed by atoms with Crippen molar-refractivity contribution in [3.8, 4) is 11.5 Å². The second-order valence-electron chi connectivity index (χ2n) is 6.07. The molecule has 0 aliphatic carbocycles. The molecular weight excluding hydrogens is 447 g/mol. The molecule has 0 saturated carbocycles. The Morgan fingerprint density at radius 1 is 1.09 bits per heavy atom. The standard InChI is InChI=1S/C19H16ClFN6O5/c1-31-14-8-15(32-2)13(7-12(14)20)24-17-16(27(29)30)18(23-9-22-17)25-26-19(28)10-3-5-11(21)6-4-10/h3-9H,1-2H3,(H,26,28)(H2,22,23,24,25). The summed E-state index contributed by atoms with van der Waals surface area (Å²) in [5.41, 5.74) is 4.52. The highest BCUT2D eigenvalue weighted by Crippen LogP contribution is 2.39. The summed E-state index contributed by atoms with van der Waals surface area (Å²) in [6, 6.07) is 7.68. The molecule has 0 aliphatic rings. The molecule has 0 atom stereocenters. The molecule has 0 saturated heterocycles. The van der Waals surface area contributed by atoms with Crippen LogP contribution in [0, 0.1) is 15.9 Å². The third-order valence-electron chi connectivity index (χ3n) is 4.13. The Morgan fingerprint density at radius 3 is 2.38 bits per heavy atom. The number of anilines is 3. The Balaban J connectivity index is 1.88. The Morgan fingerprint density at radius 2 is 1.75 bits per heavy atom. The lowest BCUT2D eigenvalue weighted by Gasteiger charge is -2.14. The van der Waals surface area contributed by atoms with Crippen LogP contribution < -0.4 is 25.6 Å². The van der Waals surface area contributed by atoms with Crippen LogP contribution in [0.15, 0.2) is 42.7 Å². The van der Waals surface area contributed by atoms with E-state index in [2.05, 4.69) is 26.1 Å². The molecule has 1 amide bonds. The van der Waals surface area contributed by atoms with Crippen molar-refractivity contribution < 1.29 is 23.6 Å². The fourth-order valence-corrected chi connectivity index (χ4v) is 2.85. The van der Waals surface area contributed by atoms with Gasteiger partial charge in [0.2, 0.25) is 11.6 Å². The van der Waals surface area contributed by atoms with E-state index in [0.717, 1.165) is 18.5 Å². The topological polar surface area (TPSA) is 141 Å². The van der Waals surface area contributed by atoms with E-state index in [1.165, 1.54) is 38.5 Å². The first-order valence-electron chi connectivity index (χ1n) is 8.84. The number of hydrogen-bond donors (Lipinski definition) is 3. The molecule has 0 fully saturated rings. The number of carbonyl (C=O) groups is 1. The molecule has 0 spiro atoms. The highest BCUT2D eigenvalue weighted by molar-refractivity contribution is 6.32. The van der Waals surface area contributed by atoms with Crippen LogP contribution in [-0.2, 0) is 0 Å². The van der Waals surface area contributed by atoms with Gasteiger partial charge in [-0.25, -0.2) is 14.4 Å². The first-order valence-corrected chi connectivity index (χ1v) is 9.21. The van der Waals surface area contributed by atoms with E-state index >= 15 is 0 Å². The first-order chi connectivity index (χ1) is 15.3. The number of halogens is 2.